The topological polar surface area (TPSA) is 63.6 Å². The van der Waals surface area contributed by atoms with Crippen molar-refractivity contribution in [3.8, 4) is 0 Å². The van der Waals surface area contributed by atoms with Gasteiger partial charge in [0.2, 0.25) is 0 Å². The van der Waals surface area contributed by atoms with Crippen LogP contribution in [0.15, 0.2) is 0 Å². The van der Waals surface area contributed by atoms with Crippen LogP contribution in [0.3, 0.4) is 0 Å². The van der Waals surface area contributed by atoms with Gasteiger partial charge in [0, 0.05) is 0 Å². The summed E-state index contributed by atoms with van der Waals surface area (Å²) in [7, 11) is 0. The summed E-state index contributed by atoms with van der Waals surface area (Å²) in [5.74, 6) is -0.0208. The van der Waals surface area contributed by atoms with E-state index in [9.17, 15) is 14.7 Å². The van der Waals surface area contributed by atoms with Crippen molar-refractivity contribution in [3.63, 3.8) is 0 Å². The normalized spacial score (nSPS) is 38.8. The lowest BCUT2D eigenvalue weighted by molar-refractivity contribution is -0.211. The first-order valence-electron chi connectivity index (χ1n) is 10.1. The Bertz CT molecular complexity index is 508. The molecule has 0 amide bonds. The summed E-state index contributed by atoms with van der Waals surface area (Å²) in [6, 6.07) is 0. The van der Waals surface area contributed by atoms with E-state index in [1.807, 2.05) is 27.7 Å². The van der Waals surface area contributed by atoms with Crippen LogP contribution in [-0.2, 0) is 14.3 Å². The van der Waals surface area contributed by atoms with Crippen molar-refractivity contribution in [3.05, 3.63) is 0 Å². The van der Waals surface area contributed by atoms with E-state index in [2.05, 4.69) is 6.92 Å². The molecule has 4 saturated carbocycles. The van der Waals surface area contributed by atoms with Gasteiger partial charge in [-0.05, 0) is 74.5 Å². The number of carboxylic acids is 1. The standard InChI is InChI=1S/C21H34O4/c1-11(2)17(19(22)23)18(12(3)4)20(24)25-21(5)15-7-13-6-14(9-15)10-16(21)8-13/h11-18H,6-10H2,1-5H3,(H,22,23). The Morgan fingerprint density at radius 3 is 1.68 bits per heavy atom. The second-order valence-corrected chi connectivity index (χ2v) is 9.79. The molecule has 4 heteroatoms. The van der Waals surface area contributed by atoms with Crippen LogP contribution in [0.5, 0.6) is 0 Å². The summed E-state index contributed by atoms with van der Waals surface area (Å²) in [4.78, 5) is 24.9. The third kappa shape index (κ3) is 3.21. The van der Waals surface area contributed by atoms with Crippen LogP contribution in [0.2, 0.25) is 0 Å². The molecule has 25 heavy (non-hydrogen) atoms. The van der Waals surface area contributed by atoms with Gasteiger partial charge in [-0.15, -0.1) is 0 Å². The van der Waals surface area contributed by atoms with Gasteiger partial charge in [-0.1, -0.05) is 27.7 Å². The van der Waals surface area contributed by atoms with Crippen molar-refractivity contribution < 1.29 is 19.4 Å². The maximum absolute atomic E-state index is 13.1. The Morgan fingerprint density at radius 2 is 1.32 bits per heavy atom. The lowest BCUT2D eigenvalue weighted by Gasteiger charge is -2.59. The zero-order chi connectivity index (χ0) is 18.5. The first-order valence-corrected chi connectivity index (χ1v) is 10.1. The van der Waals surface area contributed by atoms with Gasteiger partial charge in [0.15, 0.2) is 0 Å². The van der Waals surface area contributed by atoms with Gasteiger partial charge in [-0.2, -0.15) is 0 Å². The maximum atomic E-state index is 13.1. The first-order chi connectivity index (χ1) is 11.6. The SMILES string of the molecule is CC(C)C(C(=O)O)C(C(=O)OC1(C)C2CC3CC(C2)CC1C3)C(C)C. The highest BCUT2D eigenvalue weighted by Gasteiger charge is 2.57. The molecule has 4 bridgehead atoms. The summed E-state index contributed by atoms with van der Waals surface area (Å²) in [5, 5.41) is 9.68. The highest BCUT2D eigenvalue weighted by atomic mass is 16.6. The summed E-state index contributed by atoms with van der Waals surface area (Å²) in [6.45, 7) is 9.76. The number of hydrogen-bond donors (Lipinski definition) is 1. The Labute approximate surface area is 151 Å². The van der Waals surface area contributed by atoms with Gasteiger partial charge in [-0.3, -0.25) is 9.59 Å². The first kappa shape index (κ1) is 18.7. The van der Waals surface area contributed by atoms with E-state index in [1.165, 1.54) is 32.1 Å². The Morgan fingerprint density at radius 1 is 0.880 bits per heavy atom. The molecule has 0 heterocycles. The number of carbonyl (C=O) groups excluding carboxylic acids is 1. The molecule has 0 saturated heterocycles. The molecule has 4 aliphatic carbocycles. The smallest absolute Gasteiger partial charge is 0.310 e. The fourth-order valence-electron chi connectivity index (χ4n) is 6.26. The van der Waals surface area contributed by atoms with E-state index < -0.39 is 23.4 Å². The number of esters is 1. The van der Waals surface area contributed by atoms with Crippen LogP contribution in [0, 0.1) is 47.3 Å². The molecule has 4 aliphatic rings. The lowest BCUT2D eigenvalue weighted by Crippen LogP contribution is -2.58. The molecule has 4 fully saturated rings. The van der Waals surface area contributed by atoms with E-state index in [-0.39, 0.29) is 17.8 Å². The van der Waals surface area contributed by atoms with Crippen LogP contribution < -0.4 is 0 Å². The van der Waals surface area contributed by atoms with Crippen LogP contribution in [0.4, 0.5) is 0 Å². The van der Waals surface area contributed by atoms with Gasteiger partial charge in [0.1, 0.15) is 5.60 Å². The average molecular weight is 350 g/mol. The molecule has 0 aliphatic heterocycles. The van der Waals surface area contributed by atoms with E-state index >= 15 is 0 Å². The number of ether oxygens (including phenoxy) is 1. The second kappa shape index (κ2) is 6.59. The molecule has 2 atom stereocenters. The molecule has 4 rings (SSSR count). The Balaban J connectivity index is 1.80. The molecule has 4 nitrogen and oxygen atoms in total. The van der Waals surface area contributed by atoms with Crippen LogP contribution >= 0.6 is 0 Å². The van der Waals surface area contributed by atoms with Gasteiger partial charge < -0.3 is 9.84 Å². The van der Waals surface area contributed by atoms with Crippen molar-refractivity contribution in [1.82, 2.24) is 0 Å². The molecule has 2 unspecified atom stereocenters. The predicted molar refractivity (Wildman–Crippen MR) is 95.8 cm³/mol. The predicted octanol–water partition coefficient (Wildman–Crippen LogP) is 4.37. The largest absolute Gasteiger partial charge is 0.481 e. The fourth-order valence-corrected chi connectivity index (χ4v) is 6.26. The van der Waals surface area contributed by atoms with Gasteiger partial charge in [0.05, 0.1) is 11.8 Å². The highest BCUT2D eigenvalue weighted by molar-refractivity contribution is 5.81. The Hall–Kier alpha value is -1.06. The lowest BCUT2D eigenvalue weighted by atomic mass is 9.50. The minimum Gasteiger partial charge on any atom is -0.481 e. The molecule has 1 N–H and O–H groups in total. The fraction of sp³-hybridized carbons (Fsp3) is 0.905. The summed E-state index contributed by atoms with van der Waals surface area (Å²) in [5.41, 5.74) is -0.391. The molecule has 0 radical (unpaired) electrons. The van der Waals surface area contributed by atoms with Crippen LogP contribution in [-0.4, -0.2) is 22.6 Å². The zero-order valence-electron chi connectivity index (χ0n) is 16.3. The van der Waals surface area contributed by atoms with Crippen molar-refractivity contribution in [2.75, 3.05) is 0 Å². The van der Waals surface area contributed by atoms with Gasteiger partial charge in [0.25, 0.3) is 0 Å². The second-order valence-electron chi connectivity index (χ2n) is 9.79. The number of rotatable bonds is 6. The molecule has 0 aromatic heterocycles. The van der Waals surface area contributed by atoms with Gasteiger partial charge in [-0.25, -0.2) is 0 Å². The van der Waals surface area contributed by atoms with Crippen LogP contribution in [0.1, 0.15) is 66.7 Å². The van der Waals surface area contributed by atoms with Gasteiger partial charge >= 0.3 is 11.9 Å². The number of hydrogen-bond acceptors (Lipinski definition) is 3. The molecular weight excluding hydrogens is 316 g/mol. The minimum atomic E-state index is -0.888. The highest BCUT2D eigenvalue weighted by Crippen LogP contribution is 2.59. The van der Waals surface area contributed by atoms with Crippen molar-refractivity contribution >= 4 is 11.9 Å². The molecule has 0 spiro atoms. The quantitative estimate of drug-likeness (QED) is 0.722. The summed E-state index contributed by atoms with van der Waals surface area (Å²) < 4.78 is 6.22. The molecule has 0 aromatic rings. The zero-order valence-corrected chi connectivity index (χ0v) is 16.3. The van der Waals surface area contributed by atoms with E-state index in [1.54, 1.807) is 0 Å². The van der Waals surface area contributed by atoms with Crippen molar-refractivity contribution in [2.24, 2.45) is 47.3 Å². The minimum absolute atomic E-state index is 0.0450. The third-order valence-corrected chi connectivity index (χ3v) is 7.46. The van der Waals surface area contributed by atoms with E-state index in [0.29, 0.717) is 11.8 Å². The monoisotopic (exact) mass is 350 g/mol. The van der Waals surface area contributed by atoms with Crippen molar-refractivity contribution in [2.45, 2.75) is 72.3 Å². The number of aliphatic carboxylic acids is 1. The Kier molecular flexibility index (Phi) is 4.93. The molecule has 0 aromatic carbocycles. The van der Waals surface area contributed by atoms with Crippen LogP contribution in [0.25, 0.3) is 0 Å². The molecule has 142 valence electrons. The third-order valence-electron chi connectivity index (χ3n) is 7.46. The van der Waals surface area contributed by atoms with E-state index in [4.69, 9.17) is 4.74 Å². The summed E-state index contributed by atoms with van der Waals surface area (Å²) in [6.07, 6.45) is 6.07. The summed E-state index contributed by atoms with van der Waals surface area (Å²) >= 11 is 0. The molecular formula is C21H34O4. The van der Waals surface area contributed by atoms with E-state index in [0.717, 1.165) is 11.8 Å². The average Bonchev–Trinajstić information content (AvgIpc) is 2.48. The number of carboxylic acid groups (broad SMARTS) is 1. The van der Waals surface area contributed by atoms with Crippen molar-refractivity contribution in [1.29, 1.82) is 0 Å². The number of carbonyl (C=O) groups is 2. The maximum Gasteiger partial charge on any atom is 0.310 e.